The third-order valence-electron chi connectivity index (χ3n) is 6.14. The minimum Gasteiger partial charge on any atom is -0.394 e. The van der Waals surface area contributed by atoms with Gasteiger partial charge in [0.2, 0.25) is 11.8 Å². The highest BCUT2D eigenvalue weighted by atomic mass is 16.3. The molecule has 5 heteroatoms. The number of benzene rings is 2. The molecule has 5 nitrogen and oxygen atoms in total. The molecular formula is C24H28N2O3. The van der Waals surface area contributed by atoms with Crippen LogP contribution in [-0.2, 0) is 9.59 Å². The molecule has 152 valence electrons. The Morgan fingerprint density at radius 2 is 1.66 bits per heavy atom. The van der Waals surface area contributed by atoms with Gasteiger partial charge in [0.25, 0.3) is 0 Å². The molecular weight excluding hydrogens is 364 g/mol. The molecule has 0 aromatic heterocycles. The molecule has 2 fully saturated rings. The maximum Gasteiger partial charge on any atom is 0.226 e. The van der Waals surface area contributed by atoms with Crippen LogP contribution in [0.2, 0.25) is 0 Å². The fourth-order valence-corrected chi connectivity index (χ4v) is 4.36. The van der Waals surface area contributed by atoms with Crippen molar-refractivity contribution in [3.63, 3.8) is 0 Å². The van der Waals surface area contributed by atoms with Gasteiger partial charge in [-0.25, -0.2) is 0 Å². The zero-order valence-electron chi connectivity index (χ0n) is 16.8. The summed E-state index contributed by atoms with van der Waals surface area (Å²) in [5.41, 5.74) is 3.39. The SMILES string of the molecule is CCC(=O)NC[C@H]1[C@H](c2ccc(-c3ccccc3)cc2)[C@@H](CO)N1C(=O)C1CC1. The van der Waals surface area contributed by atoms with Gasteiger partial charge in [-0.3, -0.25) is 9.59 Å². The number of rotatable bonds is 7. The smallest absolute Gasteiger partial charge is 0.226 e. The van der Waals surface area contributed by atoms with E-state index in [1.807, 2.05) is 30.0 Å². The second kappa shape index (κ2) is 8.37. The van der Waals surface area contributed by atoms with Gasteiger partial charge in [0.1, 0.15) is 0 Å². The molecule has 0 unspecified atom stereocenters. The summed E-state index contributed by atoms with van der Waals surface area (Å²) in [6.45, 7) is 2.17. The van der Waals surface area contributed by atoms with Crippen LogP contribution >= 0.6 is 0 Å². The molecule has 29 heavy (non-hydrogen) atoms. The monoisotopic (exact) mass is 392 g/mol. The largest absolute Gasteiger partial charge is 0.394 e. The third kappa shape index (κ3) is 3.92. The number of nitrogens with one attached hydrogen (secondary N) is 1. The summed E-state index contributed by atoms with van der Waals surface area (Å²) < 4.78 is 0. The number of aliphatic hydroxyl groups is 1. The Kier molecular flexibility index (Phi) is 5.67. The molecule has 4 rings (SSSR count). The molecule has 2 aliphatic rings. The number of hydrogen-bond donors (Lipinski definition) is 2. The van der Waals surface area contributed by atoms with Gasteiger partial charge in [-0.2, -0.15) is 0 Å². The molecule has 0 bridgehead atoms. The molecule has 0 radical (unpaired) electrons. The molecule has 1 saturated carbocycles. The Morgan fingerprint density at radius 1 is 1.00 bits per heavy atom. The normalized spacial score (nSPS) is 23.4. The van der Waals surface area contributed by atoms with Crippen molar-refractivity contribution in [3.05, 3.63) is 60.2 Å². The number of carbonyl (C=O) groups is 2. The zero-order valence-corrected chi connectivity index (χ0v) is 16.8. The summed E-state index contributed by atoms with van der Waals surface area (Å²) in [7, 11) is 0. The molecule has 2 amide bonds. The maximum absolute atomic E-state index is 12.8. The van der Waals surface area contributed by atoms with Crippen LogP contribution in [0.4, 0.5) is 0 Å². The lowest BCUT2D eigenvalue weighted by atomic mass is 9.74. The van der Waals surface area contributed by atoms with E-state index < -0.39 is 0 Å². The van der Waals surface area contributed by atoms with Crippen LogP contribution in [0.25, 0.3) is 11.1 Å². The number of nitrogens with zero attached hydrogens (tertiary/aromatic N) is 1. The third-order valence-corrected chi connectivity index (χ3v) is 6.14. The van der Waals surface area contributed by atoms with Crippen molar-refractivity contribution in [3.8, 4) is 11.1 Å². The predicted octanol–water partition coefficient (Wildman–Crippen LogP) is 2.95. The van der Waals surface area contributed by atoms with E-state index in [4.69, 9.17) is 0 Å². The number of hydrogen-bond acceptors (Lipinski definition) is 3. The fraction of sp³-hybridized carbons (Fsp3) is 0.417. The first kappa shape index (κ1) is 19.6. The Morgan fingerprint density at radius 3 is 2.24 bits per heavy atom. The van der Waals surface area contributed by atoms with E-state index in [9.17, 15) is 14.7 Å². The summed E-state index contributed by atoms with van der Waals surface area (Å²) in [5.74, 6) is 0.214. The van der Waals surface area contributed by atoms with Crippen LogP contribution in [0.15, 0.2) is 54.6 Å². The van der Waals surface area contributed by atoms with Crippen molar-refractivity contribution in [2.75, 3.05) is 13.2 Å². The highest BCUT2D eigenvalue weighted by Gasteiger charge is 2.53. The van der Waals surface area contributed by atoms with Gasteiger partial charge in [-0.1, -0.05) is 61.5 Å². The highest BCUT2D eigenvalue weighted by Crippen LogP contribution is 2.44. The number of likely N-dealkylation sites (tertiary alicyclic amines) is 1. The molecule has 1 saturated heterocycles. The minimum atomic E-state index is -0.228. The van der Waals surface area contributed by atoms with E-state index >= 15 is 0 Å². The molecule has 3 atom stereocenters. The van der Waals surface area contributed by atoms with Crippen LogP contribution in [0.1, 0.15) is 37.7 Å². The molecule has 1 aliphatic heterocycles. The van der Waals surface area contributed by atoms with Crippen LogP contribution in [0.3, 0.4) is 0 Å². The van der Waals surface area contributed by atoms with E-state index in [1.54, 1.807) is 0 Å². The average molecular weight is 392 g/mol. The first-order valence-electron chi connectivity index (χ1n) is 10.5. The van der Waals surface area contributed by atoms with Crippen LogP contribution in [-0.4, -0.2) is 47.1 Å². The topological polar surface area (TPSA) is 69.6 Å². The lowest BCUT2D eigenvalue weighted by molar-refractivity contribution is -0.152. The second-order valence-corrected chi connectivity index (χ2v) is 8.01. The lowest BCUT2D eigenvalue weighted by Crippen LogP contribution is -2.68. The molecule has 2 aromatic rings. The van der Waals surface area contributed by atoms with E-state index in [1.165, 1.54) is 0 Å². The van der Waals surface area contributed by atoms with Crippen molar-refractivity contribution >= 4 is 11.8 Å². The maximum atomic E-state index is 12.8. The van der Waals surface area contributed by atoms with E-state index in [0.717, 1.165) is 29.5 Å². The first-order valence-corrected chi connectivity index (χ1v) is 10.5. The van der Waals surface area contributed by atoms with E-state index in [2.05, 4.69) is 41.7 Å². The standard InChI is InChI=1S/C24H28N2O3/c1-2-22(28)25-14-20-23(21(15-27)26(20)24(29)19-12-13-19)18-10-8-17(9-11-18)16-6-4-3-5-7-16/h3-11,19-21,23,27H,2,12-15H2,1H3,(H,25,28)/t20-,21+,23-/m0/s1. The first-order chi connectivity index (χ1) is 14.1. The molecule has 2 aromatic carbocycles. The van der Waals surface area contributed by atoms with E-state index in [0.29, 0.717) is 13.0 Å². The summed E-state index contributed by atoms with van der Waals surface area (Å²) >= 11 is 0. The number of carbonyl (C=O) groups excluding carboxylic acids is 2. The molecule has 1 aliphatic carbocycles. The Hall–Kier alpha value is -2.66. The van der Waals surface area contributed by atoms with E-state index in [-0.39, 0.29) is 42.3 Å². The number of aliphatic hydroxyl groups excluding tert-OH is 1. The summed E-state index contributed by atoms with van der Waals surface area (Å²) in [6.07, 6.45) is 2.28. The predicted molar refractivity (Wildman–Crippen MR) is 112 cm³/mol. The summed E-state index contributed by atoms with van der Waals surface area (Å²) in [6, 6.07) is 18.2. The van der Waals surface area contributed by atoms with Crippen molar-refractivity contribution in [1.82, 2.24) is 10.2 Å². The fourth-order valence-electron chi connectivity index (χ4n) is 4.36. The summed E-state index contributed by atoms with van der Waals surface area (Å²) in [4.78, 5) is 26.4. The highest BCUT2D eigenvalue weighted by molar-refractivity contribution is 5.83. The molecule has 2 N–H and O–H groups in total. The van der Waals surface area contributed by atoms with Gasteiger partial charge in [-0.05, 0) is 29.5 Å². The number of amides is 2. The zero-order chi connectivity index (χ0) is 20.4. The quantitative estimate of drug-likeness (QED) is 0.761. The lowest BCUT2D eigenvalue weighted by Gasteiger charge is -2.55. The Labute approximate surface area is 171 Å². The van der Waals surface area contributed by atoms with Crippen molar-refractivity contribution in [2.24, 2.45) is 5.92 Å². The van der Waals surface area contributed by atoms with Crippen molar-refractivity contribution < 1.29 is 14.7 Å². The second-order valence-electron chi connectivity index (χ2n) is 8.01. The molecule has 0 spiro atoms. The Balaban J connectivity index is 1.57. The van der Waals surface area contributed by atoms with Crippen molar-refractivity contribution in [2.45, 2.75) is 44.2 Å². The van der Waals surface area contributed by atoms with Gasteiger partial charge in [-0.15, -0.1) is 0 Å². The van der Waals surface area contributed by atoms with Gasteiger partial charge in [0.05, 0.1) is 18.7 Å². The van der Waals surface area contributed by atoms with Crippen LogP contribution < -0.4 is 5.32 Å². The van der Waals surface area contributed by atoms with Gasteiger partial charge < -0.3 is 15.3 Å². The van der Waals surface area contributed by atoms with Crippen LogP contribution in [0.5, 0.6) is 0 Å². The van der Waals surface area contributed by atoms with Crippen molar-refractivity contribution in [1.29, 1.82) is 0 Å². The Bertz CT molecular complexity index is 861. The summed E-state index contributed by atoms with van der Waals surface area (Å²) in [5, 5.41) is 13.0. The molecule has 1 heterocycles. The minimum absolute atomic E-state index is 0.0182. The van der Waals surface area contributed by atoms with Crippen LogP contribution in [0, 0.1) is 5.92 Å². The van der Waals surface area contributed by atoms with Gasteiger partial charge >= 0.3 is 0 Å². The van der Waals surface area contributed by atoms with Gasteiger partial charge in [0.15, 0.2) is 0 Å². The van der Waals surface area contributed by atoms with Gasteiger partial charge in [0, 0.05) is 24.8 Å². The average Bonchev–Trinajstić information content (AvgIpc) is 3.59.